The van der Waals surface area contributed by atoms with Crippen molar-refractivity contribution in [3.05, 3.63) is 0 Å². The number of hydrogen-bond donors (Lipinski definition) is 2. The number of hydrogen-bond acceptors (Lipinski definition) is 2. The smallest absolute Gasteiger partial charge is 0.0591 e. The lowest BCUT2D eigenvalue weighted by atomic mass is 9.44. The number of aliphatic hydroxyl groups is 2. The highest BCUT2D eigenvalue weighted by atomic mass is 16.3. The van der Waals surface area contributed by atoms with Crippen molar-refractivity contribution >= 4 is 0 Å². The lowest BCUT2D eigenvalue weighted by Gasteiger charge is -2.61. The van der Waals surface area contributed by atoms with Crippen molar-refractivity contribution in [1.29, 1.82) is 0 Å². The van der Waals surface area contributed by atoms with Crippen LogP contribution in [-0.2, 0) is 0 Å². The van der Waals surface area contributed by atoms with Gasteiger partial charge in [-0.05, 0) is 131 Å². The van der Waals surface area contributed by atoms with Gasteiger partial charge in [0.1, 0.15) is 0 Å². The van der Waals surface area contributed by atoms with Gasteiger partial charge in [-0.15, -0.1) is 0 Å². The minimum atomic E-state index is -0.524. The summed E-state index contributed by atoms with van der Waals surface area (Å²) >= 11 is 0. The molecule has 0 heterocycles. The Morgan fingerprint density at radius 1 is 0.929 bits per heavy atom. The van der Waals surface area contributed by atoms with Gasteiger partial charge in [-0.3, -0.25) is 0 Å². The van der Waals surface area contributed by atoms with Crippen molar-refractivity contribution in [3.8, 4) is 0 Å². The predicted octanol–water partition coefficient (Wildman–Crippen LogP) is 6.19. The number of fused-ring (bicyclic) bond motifs is 5. The standard InChI is InChI=1S/C26H46O2/c1-17(10-13-24(2,3)28)21-8-9-22-20-7-6-18-16-19(27)11-14-25(18,4)23(20)12-15-26(21,22)5/h17-23,27-28H,6-16H2,1-5H3/t17-,18-,19+,20+,21-,22+,23+,25+,26-/m1/s1. The molecule has 162 valence electrons. The number of aliphatic hydroxyl groups excluding tert-OH is 1. The van der Waals surface area contributed by atoms with E-state index in [0.717, 1.165) is 54.8 Å². The van der Waals surface area contributed by atoms with Crippen LogP contribution in [0.5, 0.6) is 0 Å². The molecule has 0 aromatic carbocycles. The van der Waals surface area contributed by atoms with Crippen LogP contribution in [0.2, 0.25) is 0 Å². The first-order chi connectivity index (χ1) is 13.0. The van der Waals surface area contributed by atoms with E-state index < -0.39 is 5.60 Å². The molecule has 0 aliphatic heterocycles. The maximum Gasteiger partial charge on any atom is 0.0591 e. The highest BCUT2D eigenvalue weighted by Gasteiger charge is 2.60. The monoisotopic (exact) mass is 390 g/mol. The van der Waals surface area contributed by atoms with Crippen LogP contribution in [0.1, 0.15) is 105 Å². The molecule has 2 heteroatoms. The molecule has 2 N–H and O–H groups in total. The summed E-state index contributed by atoms with van der Waals surface area (Å²) in [6.07, 6.45) is 13.9. The molecule has 4 aliphatic rings. The zero-order valence-electron chi connectivity index (χ0n) is 19.2. The summed E-state index contributed by atoms with van der Waals surface area (Å²) in [6, 6.07) is 0. The topological polar surface area (TPSA) is 40.5 Å². The molecule has 0 unspecified atom stereocenters. The Bertz CT molecular complexity index is 565. The van der Waals surface area contributed by atoms with Crippen LogP contribution in [0, 0.1) is 46.3 Å². The van der Waals surface area contributed by atoms with E-state index in [1.165, 1.54) is 51.4 Å². The quantitative estimate of drug-likeness (QED) is 0.600. The van der Waals surface area contributed by atoms with E-state index in [1.54, 1.807) is 0 Å². The molecule has 0 aromatic heterocycles. The Kier molecular flexibility index (Phi) is 5.49. The zero-order valence-corrected chi connectivity index (χ0v) is 19.2. The molecule has 2 nitrogen and oxygen atoms in total. The predicted molar refractivity (Wildman–Crippen MR) is 116 cm³/mol. The van der Waals surface area contributed by atoms with E-state index in [0.29, 0.717) is 10.8 Å². The van der Waals surface area contributed by atoms with Crippen LogP contribution in [0.25, 0.3) is 0 Å². The second-order valence-corrected chi connectivity index (χ2v) is 12.6. The maximum atomic E-state index is 10.2. The van der Waals surface area contributed by atoms with E-state index in [2.05, 4.69) is 20.8 Å². The van der Waals surface area contributed by atoms with Gasteiger partial charge >= 0.3 is 0 Å². The largest absolute Gasteiger partial charge is 0.393 e. The minimum absolute atomic E-state index is 0.0315. The summed E-state index contributed by atoms with van der Waals surface area (Å²) < 4.78 is 0. The molecule has 4 aliphatic carbocycles. The van der Waals surface area contributed by atoms with Crippen molar-refractivity contribution in [3.63, 3.8) is 0 Å². The van der Waals surface area contributed by atoms with Gasteiger partial charge in [-0.2, -0.15) is 0 Å². The van der Waals surface area contributed by atoms with Crippen LogP contribution >= 0.6 is 0 Å². The molecule has 28 heavy (non-hydrogen) atoms. The fraction of sp³-hybridized carbons (Fsp3) is 1.00. The van der Waals surface area contributed by atoms with Crippen molar-refractivity contribution in [1.82, 2.24) is 0 Å². The average Bonchev–Trinajstić information content (AvgIpc) is 2.97. The van der Waals surface area contributed by atoms with Gasteiger partial charge in [0.15, 0.2) is 0 Å². The molecule has 9 atom stereocenters. The van der Waals surface area contributed by atoms with E-state index in [4.69, 9.17) is 0 Å². The fourth-order valence-electron chi connectivity index (χ4n) is 8.99. The summed E-state index contributed by atoms with van der Waals surface area (Å²) in [5.74, 6) is 5.11. The summed E-state index contributed by atoms with van der Waals surface area (Å²) in [4.78, 5) is 0. The lowest BCUT2D eigenvalue weighted by Crippen LogP contribution is -2.54. The van der Waals surface area contributed by atoms with Gasteiger partial charge < -0.3 is 10.2 Å². The second kappa shape index (κ2) is 7.26. The first kappa shape index (κ1) is 21.2. The minimum Gasteiger partial charge on any atom is -0.393 e. The van der Waals surface area contributed by atoms with Crippen molar-refractivity contribution in [2.24, 2.45) is 46.3 Å². The van der Waals surface area contributed by atoms with E-state index in [1.807, 2.05) is 13.8 Å². The fourth-order valence-corrected chi connectivity index (χ4v) is 8.99. The van der Waals surface area contributed by atoms with E-state index in [-0.39, 0.29) is 6.10 Å². The third-order valence-electron chi connectivity index (χ3n) is 10.6. The zero-order chi connectivity index (χ0) is 20.3. The summed E-state index contributed by atoms with van der Waals surface area (Å²) in [6.45, 7) is 11.6. The molecular weight excluding hydrogens is 344 g/mol. The normalized spacial score (nSPS) is 49.8. The van der Waals surface area contributed by atoms with E-state index >= 15 is 0 Å². The summed E-state index contributed by atoms with van der Waals surface area (Å²) in [5, 5.41) is 20.4. The third kappa shape index (κ3) is 3.49. The molecular formula is C26H46O2. The maximum absolute atomic E-state index is 10.2. The average molecular weight is 391 g/mol. The van der Waals surface area contributed by atoms with Crippen LogP contribution in [-0.4, -0.2) is 21.9 Å². The molecule has 0 spiro atoms. The molecule has 0 amide bonds. The highest BCUT2D eigenvalue weighted by molar-refractivity contribution is 5.09. The molecule has 0 radical (unpaired) electrons. The van der Waals surface area contributed by atoms with Crippen LogP contribution in [0.3, 0.4) is 0 Å². The van der Waals surface area contributed by atoms with Gasteiger partial charge in [0.2, 0.25) is 0 Å². The van der Waals surface area contributed by atoms with Crippen LogP contribution < -0.4 is 0 Å². The Morgan fingerprint density at radius 2 is 1.61 bits per heavy atom. The van der Waals surface area contributed by atoms with Gasteiger partial charge in [0.25, 0.3) is 0 Å². The summed E-state index contributed by atoms with van der Waals surface area (Å²) in [5.41, 5.74) is 0.495. The van der Waals surface area contributed by atoms with Crippen LogP contribution in [0.4, 0.5) is 0 Å². The highest BCUT2D eigenvalue weighted by Crippen LogP contribution is 2.68. The Labute approximate surface area is 173 Å². The molecule has 0 aromatic rings. The first-order valence-electron chi connectivity index (χ1n) is 12.4. The van der Waals surface area contributed by atoms with E-state index in [9.17, 15) is 10.2 Å². The molecule has 4 fully saturated rings. The first-order valence-corrected chi connectivity index (χ1v) is 12.4. The van der Waals surface area contributed by atoms with Crippen molar-refractivity contribution in [2.75, 3.05) is 0 Å². The Morgan fingerprint density at radius 3 is 2.32 bits per heavy atom. The van der Waals surface area contributed by atoms with Gasteiger partial charge in [-0.1, -0.05) is 20.8 Å². The molecule has 4 rings (SSSR count). The van der Waals surface area contributed by atoms with Crippen molar-refractivity contribution in [2.45, 2.75) is 117 Å². The van der Waals surface area contributed by atoms with Crippen LogP contribution in [0.15, 0.2) is 0 Å². The van der Waals surface area contributed by atoms with Gasteiger partial charge in [0.05, 0.1) is 11.7 Å². The van der Waals surface area contributed by atoms with Gasteiger partial charge in [0, 0.05) is 0 Å². The molecule has 4 saturated carbocycles. The second-order valence-electron chi connectivity index (χ2n) is 12.6. The Hall–Kier alpha value is -0.0800. The Balaban J connectivity index is 1.49. The SMILES string of the molecule is C[C@H](CCC(C)(C)O)[C@H]1CC[C@H]2[C@@H]3CC[C@@H]4C[C@@H](O)CC[C@]4(C)[C@H]3CC[C@]12C. The van der Waals surface area contributed by atoms with Crippen molar-refractivity contribution < 1.29 is 10.2 Å². The lowest BCUT2D eigenvalue weighted by molar-refractivity contribution is -0.129. The molecule has 0 saturated heterocycles. The molecule has 0 bridgehead atoms. The van der Waals surface area contributed by atoms with Gasteiger partial charge in [-0.25, -0.2) is 0 Å². The number of rotatable bonds is 4. The third-order valence-corrected chi connectivity index (χ3v) is 10.6. The summed E-state index contributed by atoms with van der Waals surface area (Å²) in [7, 11) is 0.